The molecule has 0 N–H and O–H groups in total. The second-order valence-electron chi connectivity index (χ2n) is 3.38. The maximum Gasteiger partial charge on any atom is 0.106 e. The van der Waals surface area contributed by atoms with Gasteiger partial charge >= 0.3 is 0 Å². The third-order valence-corrected chi connectivity index (χ3v) is 2.73. The maximum absolute atomic E-state index is 5.29. The molecule has 1 aromatic rings. The number of ether oxygens (including phenoxy) is 1. The average Bonchev–Trinajstić information content (AvgIpc) is 2.23. The van der Waals surface area contributed by atoms with Crippen LogP contribution in [-0.4, -0.2) is 35.8 Å². The fourth-order valence-electron chi connectivity index (χ4n) is 1.54. The first kappa shape index (κ1) is 9.83. The van der Waals surface area contributed by atoms with E-state index < -0.39 is 0 Å². The third-order valence-electron chi connectivity index (χ3n) is 2.36. The van der Waals surface area contributed by atoms with Crippen molar-refractivity contribution in [1.29, 1.82) is 0 Å². The van der Waals surface area contributed by atoms with Crippen LogP contribution in [0.15, 0.2) is 24.4 Å². The van der Waals surface area contributed by atoms with Gasteiger partial charge in [0.05, 0.1) is 19.9 Å². The number of hydrogen-bond acceptors (Lipinski definition) is 3. The Morgan fingerprint density at radius 1 is 1.29 bits per heavy atom. The van der Waals surface area contributed by atoms with E-state index in [1.807, 2.05) is 24.4 Å². The summed E-state index contributed by atoms with van der Waals surface area (Å²) in [5.41, 5.74) is 0. The van der Waals surface area contributed by atoms with Crippen molar-refractivity contribution in [2.24, 2.45) is 0 Å². The third kappa shape index (κ3) is 2.41. The van der Waals surface area contributed by atoms with Gasteiger partial charge in [-0.25, -0.2) is 0 Å². The highest BCUT2D eigenvalue weighted by Gasteiger charge is 2.09. The predicted octanol–water partition coefficient (Wildman–Crippen LogP) is 1.51. The summed E-state index contributed by atoms with van der Waals surface area (Å²) < 4.78 is 8.26. The molecule has 1 aliphatic rings. The standard InChI is InChI=1S/C10H14N2OS/c14-10-3-1-2-4-12(10)9-11-5-7-13-8-6-11/h1-4H,5-9H2. The lowest BCUT2D eigenvalue weighted by Gasteiger charge is -2.27. The monoisotopic (exact) mass is 210 g/mol. The van der Waals surface area contributed by atoms with Crippen molar-refractivity contribution in [3.8, 4) is 0 Å². The number of aromatic nitrogens is 1. The molecule has 0 unspecified atom stereocenters. The Morgan fingerprint density at radius 3 is 2.79 bits per heavy atom. The molecule has 4 heteroatoms. The predicted molar refractivity (Wildman–Crippen MR) is 57.7 cm³/mol. The van der Waals surface area contributed by atoms with Gasteiger partial charge in [0.1, 0.15) is 4.64 Å². The van der Waals surface area contributed by atoms with E-state index in [4.69, 9.17) is 17.0 Å². The van der Waals surface area contributed by atoms with Gasteiger partial charge in [0.15, 0.2) is 0 Å². The van der Waals surface area contributed by atoms with Gasteiger partial charge in [-0.3, -0.25) is 4.90 Å². The van der Waals surface area contributed by atoms with Crippen LogP contribution < -0.4 is 0 Å². The topological polar surface area (TPSA) is 17.4 Å². The van der Waals surface area contributed by atoms with Crippen LogP contribution in [0.25, 0.3) is 0 Å². The SMILES string of the molecule is S=c1ccccn1CN1CCOCC1. The molecule has 0 spiro atoms. The molecule has 0 aromatic carbocycles. The summed E-state index contributed by atoms with van der Waals surface area (Å²) in [4.78, 5) is 2.35. The quantitative estimate of drug-likeness (QED) is 0.689. The summed E-state index contributed by atoms with van der Waals surface area (Å²) in [5, 5.41) is 0. The molecule has 76 valence electrons. The molecule has 2 rings (SSSR count). The first-order valence-electron chi connectivity index (χ1n) is 4.82. The molecular weight excluding hydrogens is 196 g/mol. The molecule has 1 fully saturated rings. The minimum atomic E-state index is 0.833. The van der Waals surface area contributed by atoms with Gasteiger partial charge in [0.25, 0.3) is 0 Å². The zero-order valence-electron chi connectivity index (χ0n) is 8.06. The van der Waals surface area contributed by atoms with Crippen molar-refractivity contribution in [3.05, 3.63) is 29.0 Å². The minimum Gasteiger partial charge on any atom is -0.379 e. The number of rotatable bonds is 2. The van der Waals surface area contributed by atoms with Crippen molar-refractivity contribution in [3.63, 3.8) is 0 Å². The summed E-state index contributed by atoms with van der Waals surface area (Å²) in [5.74, 6) is 0. The van der Waals surface area contributed by atoms with Gasteiger partial charge in [-0.15, -0.1) is 0 Å². The first-order valence-corrected chi connectivity index (χ1v) is 5.23. The van der Waals surface area contributed by atoms with Gasteiger partial charge in [-0.2, -0.15) is 0 Å². The van der Waals surface area contributed by atoms with E-state index in [-0.39, 0.29) is 0 Å². The average molecular weight is 210 g/mol. The summed E-state index contributed by atoms with van der Waals surface area (Å²) in [6, 6.07) is 5.93. The number of pyridine rings is 1. The van der Waals surface area contributed by atoms with Crippen LogP contribution in [0.2, 0.25) is 0 Å². The van der Waals surface area contributed by atoms with E-state index in [1.54, 1.807) is 0 Å². The van der Waals surface area contributed by atoms with E-state index in [9.17, 15) is 0 Å². The Bertz CT molecular complexity index is 344. The van der Waals surface area contributed by atoms with Gasteiger partial charge in [0.2, 0.25) is 0 Å². The largest absolute Gasteiger partial charge is 0.379 e. The minimum absolute atomic E-state index is 0.833. The van der Waals surface area contributed by atoms with E-state index in [2.05, 4.69) is 9.47 Å². The van der Waals surface area contributed by atoms with Crippen LogP contribution in [0.3, 0.4) is 0 Å². The van der Waals surface area contributed by atoms with Crippen LogP contribution in [0.1, 0.15) is 0 Å². The van der Waals surface area contributed by atoms with Crippen molar-refractivity contribution in [1.82, 2.24) is 9.47 Å². The van der Waals surface area contributed by atoms with Crippen LogP contribution in [-0.2, 0) is 11.4 Å². The van der Waals surface area contributed by atoms with Crippen molar-refractivity contribution in [2.45, 2.75) is 6.67 Å². The normalized spacial score (nSPS) is 18.3. The van der Waals surface area contributed by atoms with Crippen LogP contribution in [0.4, 0.5) is 0 Å². The van der Waals surface area contributed by atoms with Gasteiger partial charge < -0.3 is 9.30 Å². The summed E-state index contributed by atoms with van der Waals surface area (Å²) in [6.07, 6.45) is 2.03. The lowest BCUT2D eigenvalue weighted by molar-refractivity contribution is 0.0231. The van der Waals surface area contributed by atoms with Gasteiger partial charge in [-0.1, -0.05) is 18.3 Å². The fraction of sp³-hybridized carbons (Fsp3) is 0.500. The molecule has 0 aliphatic carbocycles. The Kier molecular flexibility index (Phi) is 3.29. The van der Waals surface area contributed by atoms with E-state index in [0.717, 1.165) is 37.6 Å². The summed E-state index contributed by atoms with van der Waals surface area (Å²) in [6.45, 7) is 4.54. The smallest absolute Gasteiger partial charge is 0.106 e. The highest BCUT2D eigenvalue weighted by atomic mass is 32.1. The second-order valence-corrected chi connectivity index (χ2v) is 3.80. The molecule has 14 heavy (non-hydrogen) atoms. The summed E-state index contributed by atoms with van der Waals surface area (Å²) >= 11 is 5.23. The number of morpholine rings is 1. The second kappa shape index (κ2) is 4.68. The van der Waals surface area contributed by atoms with Crippen molar-refractivity contribution in [2.75, 3.05) is 26.3 Å². The van der Waals surface area contributed by atoms with Crippen LogP contribution in [0.5, 0.6) is 0 Å². The molecule has 0 saturated carbocycles. The van der Waals surface area contributed by atoms with Gasteiger partial charge in [0, 0.05) is 19.3 Å². The lowest BCUT2D eigenvalue weighted by atomic mass is 10.4. The fourth-order valence-corrected chi connectivity index (χ4v) is 1.73. The molecule has 2 heterocycles. The van der Waals surface area contributed by atoms with Crippen molar-refractivity contribution >= 4 is 12.2 Å². The van der Waals surface area contributed by atoms with Gasteiger partial charge in [-0.05, 0) is 12.1 Å². The lowest BCUT2D eigenvalue weighted by Crippen LogP contribution is -2.37. The Morgan fingerprint density at radius 2 is 2.07 bits per heavy atom. The van der Waals surface area contributed by atoms with Crippen LogP contribution in [0, 0.1) is 4.64 Å². The molecule has 1 aliphatic heterocycles. The molecule has 0 atom stereocenters. The highest BCUT2D eigenvalue weighted by molar-refractivity contribution is 7.71. The molecule has 0 bridgehead atoms. The molecule has 1 saturated heterocycles. The van der Waals surface area contributed by atoms with E-state index in [0.29, 0.717) is 0 Å². The highest BCUT2D eigenvalue weighted by Crippen LogP contribution is 2.01. The molecule has 0 amide bonds. The zero-order chi connectivity index (χ0) is 9.80. The maximum atomic E-state index is 5.29. The number of nitrogens with zero attached hydrogens (tertiary/aromatic N) is 2. The van der Waals surface area contributed by atoms with Crippen molar-refractivity contribution < 1.29 is 4.74 Å². The Labute approximate surface area is 88.9 Å². The molecule has 1 aromatic heterocycles. The molecular formula is C10H14N2OS. The molecule has 0 radical (unpaired) electrons. The Balaban J connectivity index is 2.03. The van der Waals surface area contributed by atoms with E-state index in [1.165, 1.54) is 0 Å². The first-order chi connectivity index (χ1) is 6.86. The Hall–Kier alpha value is -0.710. The number of hydrogen-bond donors (Lipinski definition) is 0. The zero-order valence-corrected chi connectivity index (χ0v) is 8.87. The van der Waals surface area contributed by atoms with Crippen LogP contribution >= 0.6 is 12.2 Å². The van der Waals surface area contributed by atoms with E-state index >= 15 is 0 Å². The summed E-state index contributed by atoms with van der Waals surface area (Å²) in [7, 11) is 0. The molecule has 3 nitrogen and oxygen atoms in total.